The zero-order valence-corrected chi connectivity index (χ0v) is 24.3. The van der Waals surface area contributed by atoms with E-state index in [4.69, 9.17) is 4.74 Å². The number of thioether (sulfide) groups is 1. The number of ether oxygens (including phenoxy) is 1. The Kier molecular flexibility index (Phi) is 8.21. The predicted molar refractivity (Wildman–Crippen MR) is 161 cm³/mol. The molecule has 0 aliphatic carbocycles. The number of aromatic nitrogens is 2. The van der Waals surface area contributed by atoms with Crippen LogP contribution in [0.5, 0.6) is 0 Å². The minimum atomic E-state index is -4.77. The first kappa shape index (κ1) is 29.9. The molecule has 228 valence electrons. The van der Waals surface area contributed by atoms with E-state index >= 15 is 0 Å². The molecule has 0 radical (unpaired) electrons. The molecule has 0 saturated carbocycles. The molecular formula is C32H28F4N4O3S. The molecule has 1 saturated heterocycles. The summed E-state index contributed by atoms with van der Waals surface area (Å²) in [4.78, 5) is 33.7. The molecule has 4 aromatic rings. The second-order valence-electron chi connectivity index (χ2n) is 10.6. The van der Waals surface area contributed by atoms with Gasteiger partial charge in [-0.05, 0) is 35.4 Å². The number of carbonyl (C=O) groups excluding carboxylic acids is 1. The number of halogens is 4. The Morgan fingerprint density at radius 1 is 1.07 bits per heavy atom. The first-order valence-electron chi connectivity index (χ1n) is 14.0. The van der Waals surface area contributed by atoms with Gasteiger partial charge in [0.05, 0.1) is 30.3 Å². The van der Waals surface area contributed by atoms with Crippen LogP contribution in [-0.4, -0.2) is 58.4 Å². The van der Waals surface area contributed by atoms with E-state index in [1.54, 1.807) is 9.80 Å². The topological polar surface area (TPSA) is 67.7 Å². The van der Waals surface area contributed by atoms with Crippen molar-refractivity contribution in [3.05, 3.63) is 101 Å². The average molecular weight is 625 g/mol. The molecule has 6 rings (SSSR count). The van der Waals surface area contributed by atoms with Gasteiger partial charge in [0.2, 0.25) is 5.91 Å². The van der Waals surface area contributed by atoms with Gasteiger partial charge in [0.25, 0.3) is 0 Å². The molecule has 12 heteroatoms. The van der Waals surface area contributed by atoms with E-state index in [0.717, 1.165) is 23.8 Å². The van der Waals surface area contributed by atoms with E-state index in [-0.39, 0.29) is 65.1 Å². The first-order valence-corrected chi connectivity index (χ1v) is 15.0. The van der Waals surface area contributed by atoms with Crippen molar-refractivity contribution in [1.29, 1.82) is 0 Å². The Bertz CT molecular complexity index is 1770. The van der Waals surface area contributed by atoms with Crippen molar-refractivity contribution in [2.24, 2.45) is 0 Å². The maximum atomic E-state index is 14.8. The minimum absolute atomic E-state index is 0.0886. The molecular weight excluding hydrogens is 596 g/mol. The summed E-state index contributed by atoms with van der Waals surface area (Å²) >= 11 is 1.18. The molecule has 44 heavy (non-hydrogen) atoms. The smallest absolute Gasteiger partial charge is 0.371 e. The lowest BCUT2D eigenvalue weighted by atomic mass is 9.96. The summed E-state index contributed by atoms with van der Waals surface area (Å²) in [6.45, 7) is 5.02. The molecule has 2 aliphatic heterocycles. The summed E-state index contributed by atoms with van der Waals surface area (Å²) in [5.74, 6) is -0.412. The van der Waals surface area contributed by atoms with Crippen molar-refractivity contribution in [3.63, 3.8) is 0 Å². The molecule has 3 heterocycles. The number of hydrogen-bond acceptors (Lipinski definition) is 6. The zero-order valence-electron chi connectivity index (χ0n) is 23.5. The predicted octanol–water partition coefficient (Wildman–Crippen LogP) is 5.75. The minimum Gasteiger partial charge on any atom is -0.371 e. The number of alkyl halides is 3. The number of hydrogen-bond donors (Lipinski definition) is 0. The van der Waals surface area contributed by atoms with Crippen LogP contribution in [0.15, 0.2) is 83.0 Å². The molecule has 3 aromatic carbocycles. The van der Waals surface area contributed by atoms with Gasteiger partial charge in [0.15, 0.2) is 0 Å². The lowest BCUT2D eigenvalue weighted by Gasteiger charge is -2.35. The maximum Gasteiger partial charge on any atom is 0.417 e. The number of rotatable bonds is 6. The van der Waals surface area contributed by atoms with Crippen molar-refractivity contribution in [2.75, 3.05) is 36.8 Å². The molecule has 1 unspecified atom stereocenters. The number of nitrogens with zero attached hydrogens (tertiary/aromatic N) is 4. The van der Waals surface area contributed by atoms with Crippen LogP contribution < -0.4 is 10.6 Å². The van der Waals surface area contributed by atoms with E-state index in [9.17, 15) is 27.2 Å². The van der Waals surface area contributed by atoms with Crippen LogP contribution in [-0.2, 0) is 28.9 Å². The lowest BCUT2D eigenvalue weighted by molar-refractivity contribution is -0.137. The van der Waals surface area contributed by atoms with Gasteiger partial charge in [-0.1, -0.05) is 49.0 Å². The molecule has 0 N–H and O–H groups in total. The standard InChI is InChI=1S/C32H28F4N4O3S/c1-2-26(41)38-12-14-39(15-13-38)30-24-16-25(32(34,35)36)27(21-8-10-22(33)11-9-21)29-28(24)40(31(42)37-30)17-23(19-44-29)43-18-20-6-4-3-5-7-20/h2-11,16,23H,1,12-15,17-19H2. The SMILES string of the molecule is C=CC(=O)N1CCN(c2nc(=O)n3c4c(c(-c5ccc(F)cc5)c(C(F)(F)F)cc24)SCC(OCc2ccccc2)C3)CC1. The Labute approximate surface area is 254 Å². The highest BCUT2D eigenvalue weighted by atomic mass is 32.2. The Hall–Kier alpha value is -4.16. The van der Waals surface area contributed by atoms with E-state index < -0.39 is 29.4 Å². The number of piperazine rings is 1. The first-order chi connectivity index (χ1) is 21.1. The average Bonchev–Trinajstić information content (AvgIpc) is 3.22. The van der Waals surface area contributed by atoms with E-state index in [2.05, 4.69) is 11.6 Å². The summed E-state index contributed by atoms with van der Waals surface area (Å²) in [5, 5.41) is 0.178. The van der Waals surface area contributed by atoms with Gasteiger partial charge in [-0.15, -0.1) is 11.8 Å². The van der Waals surface area contributed by atoms with Gasteiger partial charge in [-0.3, -0.25) is 9.36 Å². The van der Waals surface area contributed by atoms with Gasteiger partial charge in [0.1, 0.15) is 11.6 Å². The van der Waals surface area contributed by atoms with Crippen LogP contribution in [0.4, 0.5) is 23.4 Å². The molecule has 2 aliphatic rings. The van der Waals surface area contributed by atoms with Crippen molar-refractivity contribution >= 4 is 34.4 Å². The van der Waals surface area contributed by atoms with Crippen LogP contribution in [0.2, 0.25) is 0 Å². The Balaban J connectivity index is 1.52. The van der Waals surface area contributed by atoms with Crippen molar-refractivity contribution < 1.29 is 27.1 Å². The maximum absolute atomic E-state index is 14.8. The van der Waals surface area contributed by atoms with Crippen molar-refractivity contribution in [1.82, 2.24) is 14.5 Å². The monoisotopic (exact) mass is 624 g/mol. The lowest BCUT2D eigenvalue weighted by Crippen LogP contribution is -2.49. The molecule has 1 amide bonds. The molecule has 0 bridgehead atoms. The van der Waals surface area contributed by atoms with E-state index in [0.29, 0.717) is 18.6 Å². The summed E-state index contributed by atoms with van der Waals surface area (Å²) in [6, 6.07) is 15.4. The van der Waals surface area contributed by atoms with Gasteiger partial charge >= 0.3 is 11.9 Å². The Morgan fingerprint density at radius 2 is 1.77 bits per heavy atom. The van der Waals surface area contributed by atoms with E-state index in [1.807, 2.05) is 30.3 Å². The summed E-state index contributed by atoms with van der Waals surface area (Å²) < 4.78 is 65.9. The third kappa shape index (κ3) is 5.83. The van der Waals surface area contributed by atoms with Crippen LogP contribution >= 0.6 is 11.8 Å². The van der Waals surface area contributed by atoms with Crippen LogP contribution in [0.1, 0.15) is 11.1 Å². The molecule has 1 fully saturated rings. The number of amides is 1. The van der Waals surface area contributed by atoms with Gasteiger partial charge < -0.3 is 14.5 Å². The second-order valence-corrected chi connectivity index (χ2v) is 11.6. The van der Waals surface area contributed by atoms with Crippen LogP contribution in [0.3, 0.4) is 0 Å². The zero-order chi connectivity index (χ0) is 31.0. The third-order valence-electron chi connectivity index (χ3n) is 7.83. The number of carbonyl (C=O) groups is 1. The summed E-state index contributed by atoms with van der Waals surface area (Å²) in [7, 11) is 0. The fourth-order valence-electron chi connectivity index (χ4n) is 5.66. The number of benzene rings is 3. The molecule has 1 atom stereocenters. The van der Waals surface area contributed by atoms with Crippen molar-refractivity contribution in [3.8, 4) is 11.1 Å². The molecule has 7 nitrogen and oxygen atoms in total. The number of anilines is 1. The summed E-state index contributed by atoms with van der Waals surface area (Å²) in [6.07, 6.45) is -4.06. The molecule has 1 aromatic heterocycles. The normalized spacial score (nSPS) is 17.0. The van der Waals surface area contributed by atoms with Gasteiger partial charge in [-0.25, -0.2) is 9.18 Å². The fraction of sp³-hybridized carbons (Fsp3) is 0.281. The quantitative estimate of drug-likeness (QED) is 0.201. The molecule has 0 spiro atoms. The highest BCUT2D eigenvalue weighted by Crippen LogP contribution is 2.48. The second kappa shape index (κ2) is 12.1. The fourth-order valence-corrected chi connectivity index (χ4v) is 6.94. The van der Waals surface area contributed by atoms with Crippen molar-refractivity contribution in [2.45, 2.75) is 30.3 Å². The summed E-state index contributed by atoms with van der Waals surface area (Å²) in [5.41, 5.74) is -0.208. The third-order valence-corrected chi connectivity index (χ3v) is 9.06. The highest BCUT2D eigenvalue weighted by molar-refractivity contribution is 7.99. The Morgan fingerprint density at radius 3 is 2.43 bits per heavy atom. The largest absolute Gasteiger partial charge is 0.417 e. The van der Waals surface area contributed by atoms with Crippen LogP contribution in [0, 0.1) is 5.82 Å². The van der Waals surface area contributed by atoms with E-state index in [1.165, 1.54) is 34.5 Å². The highest BCUT2D eigenvalue weighted by Gasteiger charge is 2.38. The van der Waals surface area contributed by atoms with Gasteiger partial charge in [0, 0.05) is 47.8 Å². The van der Waals surface area contributed by atoms with Crippen LogP contribution in [0.25, 0.3) is 22.0 Å². The van der Waals surface area contributed by atoms with Gasteiger partial charge in [-0.2, -0.15) is 18.2 Å².